The Morgan fingerprint density at radius 3 is 2.08 bits per heavy atom. The molecule has 2 aromatic carbocycles. The summed E-state index contributed by atoms with van der Waals surface area (Å²) in [5.41, 5.74) is 2.44. The second-order valence-electron chi connectivity index (χ2n) is 10.9. The lowest BCUT2D eigenvalue weighted by Gasteiger charge is -2.28. The summed E-state index contributed by atoms with van der Waals surface area (Å²) in [7, 11) is 0. The summed E-state index contributed by atoms with van der Waals surface area (Å²) in [6.45, 7) is 4.13. The van der Waals surface area contributed by atoms with Crippen LogP contribution in [0.5, 0.6) is 0 Å². The molecule has 0 radical (unpaired) electrons. The molecule has 0 saturated heterocycles. The van der Waals surface area contributed by atoms with Gasteiger partial charge in [0.1, 0.15) is 5.82 Å². The maximum absolute atomic E-state index is 14.7. The van der Waals surface area contributed by atoms with Crippen LogP contribution in [0.25, 0.3) is 0 Å². The zero-order valence-electron chi connectivity index (χ0n) is 21.8. The second kappa shape index (κ2) is 12.4. The number of allylic oxidation sites excluding steroid dienone is 2. The van der Waals surface area contributed by atoms with Crippen molar-refractivity contribution in [3.05, 3.63) is 82.7 Å². The van der Waals surface area contributed by atoms with Crippen LogP contribution in [-0.4, -0.2) is 6.61 Å². The molecule has 0 aromatic heterocycles. The molecule has 2 aliphatic carbocycles. The third-order valence-corrected chi connectivity index (χ3v) is 8.56. The lowest BCUT2D eigenvalue weighted by atomic mass is 9.78. The first-order valence-corrected chi connectivity index (χ1v) is 13.9. The Kier molecular flexibility index (Phi) is 9.33. The minimum atomic E-state index is -3.65. The van der Waals surface area contributed by atoms with Crippen molar-refractivity contribution in [2.75, 3.05) is 6.61 Å². The van der Waals surface area contributed by atoms with Gasteiger partial charge in [-0.25, -0.2) is 4.39 Å². The fraction of sp³-hybridized carbons (Fsp3) is 0.562. The van der Waals surface area contributed by atoms with Crippen LogP contribution in [0.3, 0.4) is 0 Å². The van der Waals surface area contributed by atoms with Gasteiger partial charge >= 0.3 is 6.11 Å². The third-order valence-electron chi connectivity index (χ3n) is 8.56. The molecule has 0 N–H and O–H groups in total. The second-order valence-corrected chi connectivity index (χ2v) is 10.9. The Labute approximate surface area is 215 Å². The minimum absolute atomic E-state index is 0.163. The van der Waals surface area contributed by atoms with Gasteiger partial charge in [-0.15, -0.1) is 0 Å². The van der Waals surface area contributed by atoms with Crippen molar-refractivity contribution in [2.45, 2.75) is 96.0 Å². The van der Waals surface area contributed by atoms with Crippen molar-refractivity contribution in [1.29, 1.82) is 0 Å². The molecule has 36 heavy (non-hydrogen) atoms. The number of alkyl halides is 2. The molecule has 2 fully saturated rings. The average Bonchev–Trinajstić information content (AvgIpc) is 2.89. The van der Waals surface area contributed by atoms with E-state index in [-0.39, 0.29) is 12.5 Å². The number of benzene rings is 2. The highest BCUT2D eigenvalue weighted by Gasteiger charge is 2.36. The third kappa shape index (κ3) is 6.82. The highest BCUT2D eigenvalue weighted by Crippen LogP contribution is 2.39. The van der Waals surface area contributed by atoms with Crippen LogP contribution in [0.2, 0.25) is 0 Å². The van der Waals surface area contributed by atoms with Gasteiger partial charge in [0, 0.05) is 0 Å². The van der Waals surface area contributed by atoms with Gasteiger partial charge in [0.25, 0.3) is 0 Å². The molecule has 4 rings (SSSR count). The van der Waals surface area contributed by atoms with E-state index in [9.17, 15) is 13.2 Å². The predicted octanol–water partition coefficient (Wildman–Crippen LogP) is 9.67. The summed E-state index contributed by atoms with van der Waals surface area (Å²) in [5.74, 6) is 1.40. The van der Waals surface area contributed by atoms with Crippen molar-refractivity contribution >= 4 is 0 Å². The summed E-state index contributed by atoms with van der Waals surface area (Å²) in [6, 6.07) is 12.5. The van der Waals surface area contributed by atoms with Gasteiger partial charge in [-0.1, -0.05) is 55.8 Å². The number of rotatable bonds is 9. The zero-order valence-corrected chi connectivity index (χ0v) is 21.8. The summed E-state index contributed by atoms with van der Waals surface area (Å²) < 4.78 is 49.1. The van der Waals surface area contributed by atoms with Gasteiger partial charge in [0.15, 0.2) is 0 Å². The molecule has 2 saturated carbocycles. The molecule has 0 amide bonds. The van der Waals surface area contributed by atoms with E-state index in [1.165, 1.54) is 49.8 Å². The Bertz CT molecular complexity index is 981. The Morgan fingerprint density at radius 1 is 0.861 bits per heavy atom. The fourth-order valence-electron chi connectivity index (χ4n) is 6.17. The fourth-order valence-corrected chi connectivity index (χ4v) is 6.17. The Morgan fingerprint density at radius 2 is 1.47 bits per heavy atom. The molecule has 196 valence electrons. The SMILES string of the molecule is C/C=C/C1CCC(c2ccc(C(F)(F)OCCc3ccc(C4CCC(CC)CC4)cc3)c(F)c2)CC1. The zero-order chi connectivity index (χ0) is 25.5. The summed E-state index contributed by atoms with van der Waals surface area (Å²) in [6.07, 6.45) is 11.4. The largest absolute Gasteiger partial charge is 0.386 e. The average molecular weight is 499 g/mol. The van der Waals surface area contributed by atoms with Crippen molar-refractivity contribution < 1.29 is 17.9 Å². The maximum atomic E-state index is 14.7. The van der Waals surface area contributed by atoms with Crippen LogP contribution in [0.4, 0.5) is 13.2 Å². The van der Waals surface area contributed by atoms with E-state index >= 15 is 0 Å². The molecule has 1 nitrogen and oxygen atoms in total. The molecular weight excluding hydrogens is 457 g/mol. The van der Waals surface area contributed by atoms with Crippen molar-refractivity contribution in [2.24, 2.45) is 11.8 Å². The van der Waals surface area contributed by atoms with Crippen molar-refractivity contribution in [3.8, 4) is 0 Å². The Hall–Kier alpha value is -2.07. The standard InChI is InChI=1S/C32H41F3O/c1-3-5-24-8-16-28(17-9-24)29-18-19-30(31(33)22-29)32(34,35)36-21-20-25-10-14-27(15-11-25)26-12-6-23(4-2)7-13-26/h3,5,10-11,14-15,18-19,22-24,26,28H,4,6-9,12-13,16-17,20-21H2,1-2H3/b5-3+. The number of halogens is 3. The number of ether oxygens (including phenoxy) is 1. The van der Waals surface area contributed by atoms with Gasteiger partial charge in [-0.2, -0.15) is 8.78 Å². The van der Waals surface area contributed by atoms with Gasteiger partial charge in [-0.05, 0) is 117 Å². The first-order valence-electron chi connectivity index (χ1n) is 13.9. The van der Waals surface area contributed by atoms with Crippen LogP contribution < -0.4 is 0 Å². The van der Waals surface area contributed by atoms with Gasteiger partial charge in [0.05, 0.1) is 12.2 Å². The van der Waals surface area contributed by atoms with Crippen LogP contribution in [0.1, 0.15) is 106 Å². The molecule has 0 unspecified atom stereocenters. The van der Waals surface area contributed by atoms with E-state index in [0.717, 1.165) is 42.7 Å². The molecule has 0 atom stereocenters. The quantitative estimate of drug-likeness (QED) is 0.313. The first kappa shape index (κ1) is 27.0. The number of hydrogen-bond donors (Lipinski definition) is 0. The maximum Gasteiger partial charge on any atom is 0.386 e. The van der Waals surface area contributed by atoms with Crippen LogP contribution in [0.15, 0.2) is 54.6 Å². The molecule has 0 heterocycles. The van der Waals surface area contributed by atoms with Crippen molar-refractivity contribution in [3.63, 3.8) is 0 Å². The molecule has 4 heteroatoms. The monoisotopic (exact) mass is 498 g/mol. The van der Waals surface area contributed by atoms with Crippen LogP contribution >= 0.6 is 0 Å². The van der Waals surface area contributed by atoms with Crippen LogP contribution in [0, 0.1) is 17.7 Å². The van der Waals surface area contributed by atoms with E-state index in [1.807, 2.05) is 19.1 Å². The van der Waals surface area contributed by atoms with E-state index in [4.69, 9.17) is 4.74 Å². The molecule has 0 aliphatic heterocycles. The predicted molar refractivity (Wildman–Crippen MR) is 141 cm³/mol. The highest BCUT2D eigenvalue weighted by atomic mass is 19.3. The first-order chi connectivity index (χ1) is 17.4. The van der Waals surface area contributed by atoms with E-state index in [1.54, 1.807) is 6.07 Å². The molecule has 2 aliphatic rings. The molecular formula is C32H41F3O. The summed E-state index contributed by atoms with van der Waals surface area (Å²) in [4.78, 5) is 0. The van der Waals surface area contributed by atoms with Crippen molar-refractivity contribution in [1.82, 2.24) is 0 Å². The molecule has 0 bridgehead atoms. The molecule has 2 aromatic rings. The highest BCUT2D eigenvalue weighted by molar-refractivity contribution is 5.30. The van der Waals surface area contributed by atoms with Gasteiger partial charge < -0.3 is 4.74 Å². The number of hydrogen-bond acceptors (Lipinski definition) is 1. The minimum Gasteiger partial charge on any atom is -0.316 e. The topological polar surface area (TPSA) is 9.23 Å². The summed E-state index contributed by atoms with van der Waals surface area (Å²) >= 11 is 0. The Balaban J connectivity index is 1.28. The lowest BCUT2D eigenvalue weighted by molar-refractivity contribution is -0.249. The van der Waals surface area contributed by atoms with E-state index in [0.29, 0.717) is 18.3 Å². The van der Waals surface area contributed by atoms with E-state index < -0.39 is 17.5 Å². The smallest absolute Gasteiger partial charge is 0.316 e. The van der Waals surface area contributed by atoms with Gasteiger partial charge in [0.2, 0.25) is 0 Å². The normalized spacial score (nSPS) is 25.4. The van der Waals surface area contributed by atoms with E-state index in [2.05, 4.69) is 31.2 Å². The molecule has 0 spiro atoms. The lowest BCUT2D eigenvalue weighted by Crippen LogP contribution is -2.22. The summed E-state index contributed by atoms with van der Waals surface area (Å²) in [5, 5.41) is 0. The van der Waals surface area contributed by atoms with Crippen LogP contribution in [-0.2, 0) is 17.3 Å². The van der Waals surface area contributed by atoms with Gasteiger partial charge in [-0.3, -0.25) is 0 Å².